The molecule has 5 rings (SSSR count). The summed E-state index contributed by atoms with van der Waals surface area (Å²) in [4.78, 5) is 29.5. The highest BCUT2D eigenvalue weighted by Crippen LogP contribution is 2.45. The minimum atomic E-state index is -0.351. The van der Waals surface area contributed by atoms with Gasteiger partial charge in [0.05, 0.1) is 24.3 Å². The van der Waals surface area contributed by atoms with Crippen LogP contribution in [0.5, 0.6) is 0 Å². The topological polar surface area (TPSA) is 79.0 Å². The molecule has 3 atom stereocenters. The van der Waals surface area contributed by atoms with Gasteiger partial charge in [0.25, 0.3) is 5.91 Å². The first kappa shape index (κ1) is 20.6. The standard InChI is InChI=1S/C23H26N4O2S2/c24-23(29)18-8-2-10-26(18)14-20(28)27-22(19-9-4-12-31-19)17-7-1-5-15(21(17)25-27)13-16-6-3-11-30-16/h3-4,6,9,11-13,17-18,22H,1-2,5,7-8,10,14H2,(H2,24,29)/b15-13-. The first-order valence-corrected chi connectivity index (χ1v) is 12.6. The molecule has 0 radical (unpaired) electrons. The van der Waals surface area contributed by atoms with Gasteiger partial charge in [-0.3, -0.25) is 14.5 Å². The number of likely N-dealkylation sites (tertiary alicyclic amines) is 1. The van der Waals surface area contributed by atoms with Crippen molar-refractivity contribution in [1.82, 2.24) is 9.91 Å². The molecule has 3 unspecified atom stereocenters. The fourth-order valence-electron chi connectivity index (χ4n) is 5.07. The number of hydrogen-bond acceptors (Lipinski definition) is 6. The molecule has 6 nitrogen and oxygen atoms in total. The molecule has 162 valence electrons. The van der Waals surface area contributed by atoms with Gasteiger partial charge >= 0.3 is 0 Å². The third-order valence-electron chi connectivity index (χ3n) is 6.48. The van der Waals surface area contributed by atoms with Gasteiger partial charge in [0, 0.05) is 15.7 Å². The number of hydrogen-bond donors (Lipinski definition) is 1. The zero-order valence-corrected chi connectivity index (χ0v) is 18.9. The van der Waals surface area contributed by atoms with E-state index in [1.165, 1.54) is 15.3 Å². The minimum Gasteiger partial charge on any atom is -0.368 e. The smallest absolute Gasteiger partial charge is 0.257 e. The summed E-state index contributed by atoms with van der Waals surface area (Å²) < 4.78 is 0. The van der Waals surface area contributed by atoms with Crippen LogP contribution in [0.1, 0.15) is 47.9 Å². The highest BCUT2D eigenvalue weighted by atomic mass is 32.1. The molecule has 1 aliphatic carbocycles. The summed E-state index contributed by atoms with van der Waals surface area (Å²) in [5.74, 6) is -0.181. The van der Waals surface area contributed by atoms with Crippen LogP contribution in [-0.2, 0) is 9.59 Å². The summed E-state index contributed by atoms with van der Waals surface area (Å²) in [6.45, 7) is 0.906. The van der Waals surface area contributed by atoms with Gasteiger partial charge in [-0.25, -0.2) is 5.01 Å². The van der Waals surface area contributed by atoms with Gasteiger partial charge in [0.2, 0.25) is 5.91 Å². The van der Waals surface area contributed by atoms with Crippen LogP contribution in [0, 0.1) is 5.92 Å². The molecule has 2 aromatic heterocycles. The Kier molecular flexibility index (Phi) is 5.77. The normalized spacial score (nSPS) is 27.5. The fraction of sp³-hybridized carbons (Fsp3) is 0.435. The van der Waals surface area contributed by atoms with E-state index in [4.69, 9.17) is 10.8 Å². The molecule has 2 aromatic rings. The van der Waals surface area contributed by atoms with Gasteiger partial charge in [-0.2, -0.15) is 5.10 Å². The van der Waals surface area contributed by atoms with E-state index in [9.17, 15) is 9.59 Å². The van der Waals surface area contributed by atoms with Gasteiger partial charge in [0.1, 0.15) is 0 Å². The first-order valence-electron chi connectivity index (χ1n) is 10.8. The Morgan fingerprint density at radius 3 is 2.74 bits per heavy atom. The molecule has 1 saturated carbocycles. The van der Waals surface area contributed by atoms with Crippen LogP contribution in [0.3, 0.4) is 0 Å². The third-order valence-corrected chi connectivity index (χ3v) is 8.24. The highest BCUT2D eigenvalue weighted by molar-refractivity contribution is 7.11. The molecule has 0 bridgehead atoms. The summed E-state index contributed by atoms with van der Waals surface area (Å²) in [7, 11) is 0. The van der Waals surface area contributed by atoms with Crippen molar-refractivity contribution in [3.05, 3.63) is 50.4 Å². The van der Waals surface area contributed by atoms with Crippen molar-refractivity contribution in [2.24, 2.45) is 16.8 Å². The number of hydrazone groups is 1. The van der Waals surface area contributed by atoms with Crippen molar-refractivity contribution in [2.75, 3.05) is 13.1 Å². The number of nitrogens with zero attached hydrogens (tertiary/aromatic N) is 3. The summed E-state index contributed by atoms with van der Waals surface area (Å²) >= 11 is 3.40. The van der Waals surface area contributed by atoms with E-state index >= 15 is 0 Å². The zero-order valence-electron chi connectivity index (χ0n) is 17.3. The van der Waals surface area contributed by atoms with Crippen molar-refractivity contribution in [2.45, 2.75) is 44.2 Å². The largest absolute Gasteiger partial charge is 0.368 e. The Bertz CT molecular complexity index is 1010. The highest BCUT2D eigenvalue weighted by Gasteiger charge is 2.45. The molecule has 4 heterocycles. The second-order valence-electron chi connectivity index (χ2n) is 8.40. The van der Waals surface area contributed by atoms with Crippen molar-refractivity contribution < 1.29 is 9.59 Å². The van der Waals surface area contributed by atoms with Crippen molar-refractivity contribution >= 4 is 46.3 Å². The predicted octanol–water partition coefficient (Wildman–Crippen LogP) is 3.88. The van der Waals surface area contributed by atoms with Crippen LogP contribution in [0.4, 0.5) is 0 Å². The van der Waals surface area contributed by atoms with Crippen LogP contribution in [-0.4, -0.2) is 46.6 Å². The molecular formula is C23H26N4O2S2. The van der Waals surface area contributed by atoms with Gasteiger partial charge < -0.3 is 5.73 Å². The van der Waals surface area contributed by atoms with Crippen LogP contribution in [0.25, 0.3) is 6.08 Å². The van der Waals surface area contributed by atoms with Crippen LogP contribution in [0.15, 0.2) is 45.7 Å². The number of carbonyl (C=O) groups is 2. The lowest BCUT2D eigenvalue weighted by Crippen LogP contribution is -2.45. The van der Waals surface area contributed by atoms with E-state index in [1.54, 1.807) is 27.7 Å². The average molecular weight is 455 g/mol. The summed E-state index contributed by atoms with van der Waals surface area (Å²) in [5.41, 5.74) is 7.86. The summed E-state index contributed by atoms with van der Waals surface area (Å²) in [6, 6.07) is 7.90. The van der Waals surface area contributed by atoms with Gasteiger partial charge in [-0.1, -0.05) is 12.1 Å². The lowest BCUT2D eigenvalue weighted by atomic mass is 9.79. The van der Waals surface area contributed by atoms with Gasteiger partial charge in [0.15, 0.2) is 0 Å². The lowest BCUT2D eigenvalue weighted by Gasteiger charge is -2.30. The van der Waals surface area contributed by atoms with E-state index < -0.39 is 0 Å². The second-order valence-corrected chi connectivity index (χ2v) is 10.4. The fourth-order valence-corrected chi connectivity index (χ4v) is 6.63. The van der Waals surface area contributed by atoms with E-state index in [0.717, 1.165) is 44.4 Å². The maximum Gasteiger partial charge on any atom is 0.257 e. The maximum absolute atomic E-state index is 13.5. The number of allylic oxidation sites excluding steroid dienone is 1. The van der Waals surface area contributed by atoms with Crippen LogP contribution >= 0.6 is 22.7 Å². The molecular weight excluding hydrogens is 428 g/mol. The average Bonchev–Trinajstić information content (AvgIpc) is 3.53. The number of thiophene rings is 2. The molecule has 31 heavy (non-hydrogen) atoms. The summed E-state index contributed by atoms with van der Waals surface area (Å²) in [5, 5.41) is 10.8. The molecule has 0 aromatic carbocycles. The Hall–Kier alpha value is -2.29. The molecule has 2 aliphatic heterocycles. The number of fused-ring (bicyclic) bond motifs is 1. The summed E-state index contributed by atoms with van der Waals surface area (Å²) in [6.07, 6.45) is 6.96. The number of rotatable bonds is 5. The van der Waals surface area contributed by atoms with Crippen molar-refractivity contribution in [3.8, 4) is 0 Å². The van der Waals surface area contributed by atoms with E-state index in [2.05, 4.69) is 35.0 Å². The van der Waals surface area contributed by atoms with Gasteiger partial charge in [-0.15, -0.1) is 22.7 Å². The molecule has 1 saturated heterocycles. The van der Waals surface area contributed by atoms with Crippen LogP contribution < -0.4 is 5.73 Å². The van der Waals surface area contributed by atoms with Gasteiger partial charge in [-0.05, 0) is 73.2 Å². The third kappa shape index (κ3) is 4.00. The second kappa shape index (κ2) is 8.68. The van der Waals surface area contributed by atoms with E-state index in [1.807, 2.05) is 11.0 Å². The molecule has 2 fully saturated rings. The number of nitrogens with two attached hydrogens (primary N) is 1. The molecule has 0 spiro atoms. The number of amides is 2. The Morgan fingerprint density at radius 1 is 1.16 bits per heavy atom. The molecule has 2 amide bonds. The van der Waals surface area contributed by atoms with Crippen molar-refractivity contribution in [3.63, 3.8) is 0 Å². The Labute approximate surface area is 190 Å². The SMILES string of the molecule is NC(=O)C1CCCN1CC(=O)N1N=C2/C(=C\c3cccs3)CCCC2C1c1cccs1. The van der Waals surface area contributed by atoms with E-state index in [0.29, 0.717) is 0 Å². The molecule has 2 N–H and O–H groups in total. The maximum atomic E-state index is 13.5. The minimum absolute atomic E-state index is 0.0519. The number of carbonyl (C=O) groups excluding carboxylic acids is 2. The first-order chi connectivity index (χ1) is 15.1. The molecule has 3 aliphatic rings. The lowest BCUT2D eigenvalue weighted by molar-refractivity contribution is -0.135. The monoisotopic (exact) mass is 454 g/mol. The van der Waals surface area contributed by atoms with E-state index in [-0.39, 0.29) is 36.4 Å². The Morgan fingerprint density at radius 2 is 2.00 bits per heavy atom. The number of primary amides is 1. The van der Waals surface area contributed by atoms with Crippen molar-refractivity contribution in [1.29, 1.82) is 0 Å². The predicted molar refractivity (Wildman–Crippen MR) is 125 cm³/mol. The van der Waals surface area contributed by atoms with Crippen LogP contribution in [0.2, 0.25) is 0 Å². The zero-order chi connectivity index (χ0) is 21.4. The molecule has 8 heteroatoms. The quantitative estimate of drug-likeness (QED) is 0.745. The Balaban J connectivity index is 1.46.